The summed E-state index contributed by atoms with van der Waals surface area (Å²) in [5, 5.41) is 11.2. The number of Topliss-reactive ketones (excluding diaryl/α,β-unsaturated/α-hetero) is 1. The molecule has 25 heavy (non-hydrogen) atoms. The Morgan fingerprint density at radius 2 is 2.08 bits per heavy atom. The molecule has 3 nitrogen and oxygen atoms in total. The predicted molar refractivity (Wildman–Crippen MR) is 97.8 cm³/mol. The second kappa shape index (κ2) is 5.70. The molecule has 1 N–H and O–H groups in total. The zero-order valence-corrected chi connectivity index (χ0v) is 15.3. The topological polar surface area (TPSA) is 46.5 Å². The summed E-state index contributed by atoms with van der Waals surface area (Å²) in [7, 11) is 1.72. The Kier molecular flexibility index (Phi) is 3.84. The van der Waals surface area contributed by atoms with Gasteiger partial charge in [-0.2, -0.15) is 0 Å². The highest BCUT2D eigenvalue weighted by Crippen LogP contribution is 2.62. The smallest absolute Gasteiger partial charge is 0.168 e. The highest BCUT2D eigenvalue weighted by atomic mass is 16.5. The van der Waals surface area contributed by atoms with Crippen molar-refractivity contribution in [3.63, 3.8) is 0 Å². The third-order valence-electron chi connectivity index (χ3n) is 7.60. The van der Waals surface area contributed by atoms with E-state index in [1.54, 1.807) is 7.11 Å². The third-order valence-corrected chi connectivity index (χ3v) is 7.60. The van der Waals surface area contributed by atoms with Crippen LogP contribution in [0.5, 0.6) is 5.75 Å². The molecule has 0 saturated heterocycles. The molecular formula is C22H28O3. The molecule has 0 aromatic heterocycles. The number of aliphatic hydroxyl groups is 1. The van der Waals surface area contributed by atoms with Gasteiger partial charge in [0, 0.05) is 11.8 Å². The van der Waals surface area contributed by atoms with E-state index in [0.717, 1.165) is 37.9 Å². The standard InChI is InChI=1S/C22H28O3/c1-4-22(24)20(23)10-9-19-18-7-5-14-13-15(25-3)6-8-16(14)17(18)11-12-21(19,22)2/h4,6,8,13,17-19,24H,1,5,7,9-12H2,2-3H3/t17-,18-,19+,21+,22+/m1/s1. The van der Waals surface area contributed by atoms with Crippen molar-refractivity contribution in [3.8, 4) is 5.75 Å². The van der Waals surface area contributed by atoms with Crippen LogP contribution in [0, 0.1) is 17.3 Å². The summed E-state index contributed by atoms with van der Waals surface area (Å²) in [6.45, 7) is 5.94. The molecule has 0 aliphatic heterocycles. The van der Waals surface area contributed by atoms with Gasteiger partial charge in [0.05, 0.1) is 7.11 Å². The molecule has 3 heteroatoms. The van der Waals surface area contributed by atoms with Crippen molar-refractivity contribution in [2.24, 2.45) is 17.3 Å². The van der Waals surface area contributed by atoms with Gasteiger partial charge in [-0.3, -0.25) is 4.79 Å². The monoisotopic (exact) mass is 340 g/mol. The summed E-state index contributed by atoms with van der Waals surface area (Å²) in [6.07, 6.45) is 6.98. The van der Waals surface area contributed by atoms with Crippen LogP contribution in [0.3, 0.4) is 0 Å². The van der Waals surface area contributed by atoms with E-state index in [0.29, 0.717) is 24.2 Å². The first-order valence-electron chi connectivity index (χ1n) is 9.50. The second-order valence-corrected chi connectivity index (χ2v) is 8.37. The first-order chi connectivity index (χ1) is 11.9. The maximum absolute atomic E-state index is 12.5. The number of rotatable bonds is 2. The van der Waals surface area contributed by atoms with Crippen molar-refractivity contribution in [1.29, 1.82) is 0 Å². The molecular weight excluding hydrogens is 312 g/mol. The van der Waals surface area contributed by atoms with Gasteiger partial charge in [0.15, 0.2) is 5.78 Å². The quantitative estimate of drug-likeness (QED) is 0.827. The number of carbonyl (C=O) groups excluding carboxylic acids is 1. The van der Waals surface area contributed by atoms with Gasteiger partial charge in [0.2, 0.25) is 0 Å². The van der Waals surface area contributed by atoms with Gasteiger partial charge < -0.3 is 9.84 Å². The van der Waals surface area contributed by atoms with Crippen LogP contribution >= 0.6 is 0 Å². The maximum Gasteiger partial charge on any atom is 0.168 e. The molecule has 2 fully saturated rings. The number of carbonyl (C=O) groups is 1. The van der Waals surface area contributed by atoms with Crippen molar-refractivity contribution in [2.45, 2.75) is 57.0 Å². The molecule has 1 aromatic rings. The summed E-state index contributed by atoms with van der Waals surface area (Å²) in [6, 6.07) is 6.49. The number of benzene rings is 1. The summed E-state index contributed by atoms with van der Waals surface area (Å²) >= 11 is 0. The van der Waals surface area contributed by atoms with Gasteiger partial charge in [-0.05, 0) is 73.1 Å². The lowest BCUT2D eigenvalue weighted by atomic mass is 9.46. The Hall–Kier alpha value is -1.61. The van der Waals surface area contributed by atoms with Gasteiger partial charge in [-0.25, -0.2) is 0 Å². The number of ether oxygens (including phenoxy) is 1. The average molecular weight is 340 g/mol. The van der Waals surface area contributed by atoms with Crippen LogP contribution in [0.25, 0.3) is 0 Å². The molecule has 0 unspecified atom stereocenters. The van der Waals surface area contributed by atoms with E-state index in [1.807, 2.05) is 0 Å². The molecule has 0 amide bonds. The molecule has 0 spiro atoms. The molecule has 5 atom stereocenters. The van der Waals surface area contributed by atoms with Crippen molar-refractivity contribution in [2.75, 3.05) is 7.11 Å². The van der Waals surface area contributed by atoms with E-state index in [4.69, 9.17) is 4.74 Å². The first kappa shape index (κ1) is 16.8. The number of ketones is 1. The lowest BCUT2D eigenvalue weighted by molar-refractivity contribution is -0.170. The predicted octanol–water partition coefficient (Wildman–Crippen LogP) is 4.04. The third kappa shape index (κ3) is 2.18. The Morgan fingerprint density at radius 1 is 1.28 bits per heavy atom. The molecule has 3 aliphatic carbocycles. The zero-order valence-electron chi connectivity index (χ0n) is 15.3. The van der Waals surface area contributed by atoms with Crippen LogP contribution in [-0.4, -0.2) is 23.6 Å². The Morgan fingerprint density at radius 3 is 2.80 bits per heavy atom. The van der Waals surface area contributed by atoms with Crippen molar-refractivity contribution < 1.29 is 14.6 Å². The van der Waals surface area contributed by atoms with Gasteiger partial charge in [-0.15, -0.1) is 0 Å². The fraction of sp³-hybridized carbons (Fsp3) is 0.591. The lowest BCUT2D eigenvalue weighted by Gasteiger charge is -2.59. The van der Waals surface area contributed by atoms with E-state index >= 15 is 0 Å². The van der Waals surface area contributed by atoms with Crippen LogP contribution in [0.2, 0.25) is 0 Å². The largest absolute Gasteiger partial charge is 0.497 e. The normalized spacial score (nSPS) is 39.8. The lowest BCUT2D eigenvalue weighted by Crippen LogP contribution is -2.61. The molecule has 0 bridgehead atoms. The fourth-order valence-electron chi connectivity index (χ4n) is 6.15. The minimum Gasteiger partial charge on any atom is -0.497 e. The zero-order chi connectivity index (χ0) is 17.8. The van der Waals surface area contributed by atoms with Crippen LogP contribution < -0.4 is 4.74 Å². The van der Waals surface area contributed by atoms with Crippen molar-refractivity contribution in [1.82, 2.24) is 0 Å². The van der Waals surface area contributed by atoms with E-state index < -0.39 is 5.60 Å². The molecule has 134 valence electrons. The van der Waals surface area contributed by atoms with Gasteiger partial charge in [0.25, 0.3) is 0 Å². The van der Waals surface area contributed by atoms with E-state index in [2.05, 4.69) is 31.7 Å². The molecule has 0 radical (unpaired) electrons. The minimum absolute atomic E-state index is 0.0411. The Balaban J connectivity index is 1.72. The number of fused-ring (bicyclic) bond motifs is 5. The fourth-order valence-corrected chi connectivity index (χ4v) is 6.15. The Bertz CT molecular complexity index is 724. The van der Waals surface area contributed by atoms with Crippen LogP contribution in [-0.2, 0) is 11.2 Å². The maximum atomic E-state index is 12.5. The van der Waals surface area contributed by atoms with Crippen molar-refractivity contribution in [3.05, 3.63) is 42.0 Å². The average Bonchev–Trinajstić information content (AvgIpc) is 2.64. The first-order valence-corrected chi connectivity index (χ1v) is 9.50. The molecule has 2 saturated carbocycles. The number of hydrogen-bond donors (Lipinski definition) is 1. The van der Waals surface area contributed by atoms with Crippen LogP contribution in [0.1, 0.15) is 56.1 Å². The summed E-state index contributed by atoms with van der Waals surface area (Å²) < 4.78 is 5.39. The van der Waals surface area contributed by atoms with E-state index in [9.17, 15) is 9.90 Å². The highest BCUT2D eigenvalue weighted by Gasteiger charge is 2.61. The minimum atomic E-state index is -1.36. The molecule has 0 heterocycles. The summed E-state index contributed by atoms with van der Waals surface area (Å²) in [5.41, 5.74) is 1.13. The van der Waals surface area contributed by atoms with Gasteiger partial charge >= 0.3 is 0 Å². The van der Waals surface area contributed by atoms with Crippen molar-refractivity contribution >= 4 is 5.78 Å². The summed E-state index contributed by atoms with van der Waals surface area (Å²) in [5.74, 6) is 2.35. The molecule has 4 rings (SSSR count). The highest BCUT2D eigenvalue weighted by molar-refractivity contribution is 5.91. The Labute approximate surface area is 150 Å². The number of hydrogen-bond acceptors (Lipinski definition) is 3. The van der Waals surface area contributed by atoms with Gasteiger partial charge in [0.1, 0.15) is 11.4 Å². The van der Waals surface area contributed by atoms with Crippen LogP contribution in [0.4, 0.5) is 0 Å². The van der Waals surface area contributed by atoms with Crippen LogP contribution in [0.15, 0.2) is 30.9 Å². The van der Waals surface area contributed by atoms with Gasteiger partial charge in [-0.1, -0.05) is 25.6 Å². The number of aryl methyl sites for hydroxylation is 1. The summed E-state index contributed by atoms with van der Waals surface area (Å²) in [4.78, 5) is 12.5. The number of methoxy groups -OCH3 is 1. The molecule has 3 aliphatic rings. The SMILES string of the molecule is C=C[C@]1(O)C(=O)CC[C@H]2[C@@H]3CCc4cc(OC)ccc4[C@H]3CC[C@@]21C. The second-order valence-electron chi connectivity index (χ2n) is 8.37. The van der Waals surface area contributed by atoms with E-state index in [1.165, 1.54) is 17.2 Å². The van der Waals surface area contributed by atoms with E-state index in [-0.39, 0.29) is 11.2 Å². The molecule has 1 aromatic carbocycles.